The maximum absolute atomic E-state index is 12.0. The van der Waals surface area contributed by atoms with Crippen LogP contribution in [0.3, 0.4) is 0 Å². The lowest BCUT2D eigenvalue weighted by molar-refractivity contribution is -0.124. The Morgan fingerprint density at radius 2 is 2.22 bits per heavy atom. The van der Waals surface area contributed by atoms with Gasteiger partial charge in [0.05, 0.1) is 6.04 Å². The first-order chi connectivity index (χ1) is 8.77. The van der Waals surface area contributed by atoms with Gasteiger partial charge in [-0.15, -0.1) is 0 Å². The van der Waals surface area contributed by atoms with Gasteiger partial charge in [0.15, 0.2) is 0 Å². The standard InChI is InChI=1S/C14H28N2OS/c1-3-12-7-9-15-13(11-12)14(17)16-8-5-4-6-10-18-2/h12-13,15H,3-11H2,1-2H3,(H,16,17). The highest BCUT2D eigenvalue weighted by Gasteiger charge is 2.25. The molecule has 0 aliphatic carbocycles. The van der Waals surface area contributed by atoms with E-state index in [4.69, 9.17) is 0 Å². The van der Waals surface area contributed by atoms with E-state index in [1.165, 1.54) is 31.4 Å². The van der Waals surface area contributed by atoms with Crippen LogP contribution in [0.4, 0.5) is 0 Å². The number of hydrogen-bond acceptors (Lipinski definition) is 3. The molecule has 1 fully saturated rings. The molecule has 2 N–H and O–H groups in total. The molecule has 1 aliphatic heterocycles. The minimum Gasteiger partial charge on any atom is -0.355 e. The molecule has 4 heteroatoms. The fraction of sp³-hybridized carbons (Fsp3) is 0.929. The number of piperidine rings is 1. The van der Waals surface area contributed by atoms with Gasteiger partial charge >= 0.3 is 0 Å². The summed E-state index contributed by atoms with van der Waals surface area (Å²) in [5.41, 5.74) is 0. The van der Waals surface area contributed by atoms with Crippen molar-refractivity contribution in [2.24, 2.45) is 5.92 Å². The van der Waals surface area contributed by atoms with Crippen LogP contribution < -0.4 is 10.6 Å². The smallest absolute Gasteiger partial charge is 0.237 e. The van der Waals surface area contributed by atoms with E-state index in [2.05, 4.69) is 23.8 Å². The summed E-state index contributed by atoms with van der Waals surface area (Å²) in [6, 6.07) is 0.0508. The Hall–Kier alpha value is -0.220. The van der Waals surface area contributed by atoms with E-state index in [1.54, 1.807) is 0 Å². The molecule has 106 valence electrons. The molecule has 1 rings (SSSR count). The minimum atomic E-state index is 0.0508. The second kappa shape index (κ2) is 9.68. The summed E-state index contributed by atoms with van der Waals surface area (Å²) in [5.74, 6) is 2.16. The zero-order chi connectivity index (χ0) is 13.2. The molecule has 1 saturated heterocycles. The molecule has 0 aromatic carbocycles. The van der Waals surface area contributed by atoms with Crippen molar-refractivity contribution in [3.05, 3.63) is 0 Å². The normalized spacial score (nSPS) is 23.9. The molecule has 0 aromatic heterocycles. The van der Waals surface area contributed by atoms with E-state index in [0.29, 0.717) is 0 Å². The van der Waals surface area contributed by atoms with Crippen LogP contribution in [-0.4, -0.2) is 37.0 Å². The van der Waals surface area contributed by atoms with E-state index in [1.807, 2.05) is 11.8 Å². The van der Waals surface area contributed by atoms with Crippen molar-refractivity contribution in [1.82, 2.24) is 10.6 Å². The van der Waals surface area contributed by atoms with Gasteiger partial charge in [0, 0.05) is 6.54 Å². The van der Waals surface area contributed by atoms with Gasteiger partial charge in [-0.3, -0.25) is 4.79 Å². The van der Waals surface area contributed by atoms with E-state index in [0.717, 1.165) is 31.8 Å². The SMILES string of the molecule is CCC1CCNC(C(=O)NCCCCCSC)C1. The number of nitrogens with one attached hydrogen (secondary N) is 2. The Bertz CT molecular complexity index is 236. The van der Waals surface area contributed by atoms with Crippen molar-refractivity contribution in [3.8, 4) is 0 Å². The zero-order valence-electron chi connectivity index (χ0n) is 11.8. The highest BCUT2D eigenvalue weighted by atomic mass is 32.2. The van der Waals surface area contributed by atoms with Crippen molar-refractivity contribution < 1.29 is 4.79 Å². The molecule has 1 amide bonds. The topological polar surface area (TPSA) is 41.1 Å². The average molecular weight is 272 g/mol. The molecule has 1 aliphatic rings. The van der Waals surface area contributed by atoms with Crippen molar-refractivity contribution in [2.75, 3.05) is 25.1 Å². The lowest BCUT2D eigenvalue weighted by atomic mass is 9.90. The highest BCUT2D eigenvalue weighted by Crippen LogP contribution is 2.19. The van der Waals surface area contributed by atoms with Crippen LogP contribution in [0.15, 0.2) is 0 Å². The van der Waals surface area contributed by atoms with E-state index in [9.17, 15) is 4.79 Å². The van der Waals surface area contributed by atoms with Gasteiger partial charge < -0.3 is 10.6 Å². The second-order valence-corrected chi connectivity index (χ2v) is 6.14. The molecule has 0 aromatic rings. The maximum atomic E-state index is 12.0. The number of carbonyl (C=O) groups excluding carboxylic acids is 1. The van der Waals surface area contributed by atoms with E-state index >= 15 is 0 Å². The minimum absolute atomic E-state index is 0.0508. The number of carbonyl (C=O) groups is 1. The number of hydrogen-bond donors (Lipinski definition) is 2. The fourth-order valence-electron chi connectivity index (χ4n) is 2.45. The van der Waals surface area contributed by atoms with E-state index < -0.39 is 0 Å². The molecule has 0 saturated carbocycles. The van der Waals surface area contributed by atoms with Crippen LogP contribution in [0.5, 0.6) is 0 Å². The first-order valence-corrected chi connectivity index (χ1v) is 8.67. The van der Waals surface area contributed by atoms with Crippen LogP contribution in [0.2, 0.25) is 0 Å². The van der Waals surface area contributed by atoms with E-state index in [-0.39, 0.29) is 11.9 Å². The average Bonchev–Trinajstić information content (AvgIpc) is 2.42. The Kier molecular flexibility index (Phi) is 8.51. The van der Waals surface area contributed by atoms with Gasteiger partial charge in [-0.2, -0.15) is 11.8 Å². The highest BCUT2D eigenvalue weighted by molar-refractivity contribution is 7.98. The fourth-order valence-corrected chi connectivity index (χ4v) is 2.94. The Morgan fingerprint density at radius 3 is 2.94 bits per heavy atom. The maximum Gasteiger partial charge on any atom is 0.237 e. The molecule has 1 heterocycles. The summed E-state index contributed by atoms with van der Waals surface area (Å²) in [6.45, 7) is 4.04. The summed E-state index contributed by atoms with van der Waals surface area (Å²) in [6.07, 6.45) is 9.15. The summed E-state index contributed by atoms with van der Waals surface area (Å²) >= 11 is 1.89. The predicted molar refractivity (Wildman–Crippen MR) is 80.0 cm³/mol. The Labute approximate surface area is 116 Å². The van der Waals surface area contributed by atoms with Crippen LogP contribution in [0.25, 0.3) is 0 Å². The summed E-state index contributed by atoms with van der Waals surface area (Å²) in [7, 11) is 0. The first kappa shape index (κ1) is 15.8. The Morgan fingerprint density at radius 1 is 1.39 bits per heavy atom. The van der Waals surface area contributed by atoms with Gasteiger partial charge in [0.25, 0.3) is 0 Å². The molecule has 0 bridgehead atoms. The largest absolute Gasteiger partial charge is 0.355 e. The summed E-state index contributed by atoms with van der Waals surface area (Å²) < 4.78 is 0. The molecule has 2 atom stereocenters. The number of thioether (sulfide) groups is 1. The van der Waals surface area contributed by atoms with Crippen molar-refractivity contribution in [1.29, 1.82) is 0 Å². The van der Waals surface area contributed by atoms with Gasteiger partial charge in [-0.05, 0) is 50.2 Å². The Balaban J connectivity index is 2.08. The number of amides is 1. The first-order valence-electron chi connectivity index (χ1n) is 7.28. The molecule has 18 heavy (non-hydrogen) atoms. The number of rotatable bonds is 8. The van der Waals surface area contributed by atoms with Gasteiger partial charge in [0.2, 0.25) is 5.91 Å². The predicted octanol–water partition coefficient (Wildman–Crippen LogP) is 2.41. The molecule has 3 nitrogen and oxygen atoms in total. The third kappa shape index (κ3) is 6.10. The molecule has 0 spiro atoms. The molecular formula is C14H28N2OS. The van der Waals surface area contributed by atoms with Crippen molar-refractivity contribution in [2.45, 2.75) is 51.5 Å². The van der Waals surface area contributed by atoms with Crippen molar-refractivity contribution >= 4 is 17.7 Å². The lowest BCUT2D eigenvalue weighted by Crippen LogP contribution is -2.48. The molecule has 0 radical (unpaired) electrons. The second-order valence-electron chi connectivity index (χ2n) is 5.15. The lowest BCUT2D eigenvalue weighted by Gasteiger charge is -2.28. The zero-order valence-corrected chi connectivity index (χ0v) is 12.7. The summed E-state index contributed by atoms with van der Waals surface area (Å²) in [5, 5.41) is 6.39. The van der Waals surface area contributed by atoms with Gasteiger partial charge in [0.1, 0.15) is 0 Å². The molecular weight excluding hydrogens is 244 g/mol. The quantitative estimate of drug-likeness (QED) is 0.667. The monoisotopic (exact) mass is 272 g/mol. The van der Waals surface area contributed by atoms with Gasteiger partial charge in [-0.25, -0.2) is 0 Å². The van der Waals surface area contributed by atoms with Crippen LogP contribution >= 0.6 is 11.8 Å². The van der Waals surface area contributed by atoms with Crippen molar-refractivity contribution in [3.63, 3.8) is 0 Å². The molecule has 2 unspecified atom stereocenters. The van der Waals surface area contributed by atoms with Crippen LogP contribution in [0, 0.1) is 5.92 Å². The van der Waals surface area contributed by atoms with Gasteiger partial charge in [-0.1, -0.05) is 19.8 Å². The van der Waals surface area contributed by atoms with Crippen LogP contribution in [0.1, 0.15) is 45.4 Å². The third-order valence-electron chi connectivity index (χ3n) is 3.73. The summed E-state index contributed by atoms with van der Waals surface area (Å²) in [4.78, 5) is 12.0. The third-order valence-corrected chi connectivity index (χ3v) is 4.43. The number of unbranched alkanes of at least 4 members (excludes halogenated alkanes) is 2. The van der Waals surface area contributed by atoms with Crippen LogP contribution in [-0.2, 0) is 4.79 Å².